The second-order valence-corrected chi connectivity index (χ2v) is 4.86. The van der Waals surface area contributed by atoms with Crippen molar-refractivity contribution in [2.45, 2.75) is 0 Å². The zero-order valence-electron chi connectivity index (χ0n) is 12.3. The van der Waals surface area contributed by atoms with Gasteiger partial charge in [-0.25, -0.2) is 0 Å². The van der Waals surface area contributed by atoms with Gasteiger partial charge in [-0.3, -0.25) is 4.79 Å². The van der Waals surface area contributed by atoms with E-state index in [1.54, 1.807) is 24.3 Å². The van der Waals surface area contributed by atoms with Crippen molar-refractivity contribution < 1.29 is 29.2 Å². The van der Waals surface area contributed by atoms with Crippen molar-refractivity contribution >= 4 is 11.9 Å². The summed E-state index contributed by atoms with van der Waals surface area (Å²) in [5, 5.41) is 19.2. The standard InChI is InChI=1S/C17H14O6/c1-21-16-8-11(7-13(19)17(16)20)12(18)4-2-10-3-5-14-15(6-10)23-9-22-14/h2-8,19-20H,9H2,1H3/b4-2+. The third kappa shape index (κ3) is 2.91. The zero-order chi connectivity index (χ0) is 16.4. The van der Waals surface area contributed by atoms with Gasteiger partial charge in [0.1, 0.15) is 0 Å². The molecule has 0 atom stereocenters. The Bertz CT molecular complexity index is 794. The Morgan fingerprint density at radius 2 is 1.96 bits per heavy atom. The third-order valence-corrected chi connectivity index (χ3v) is 3.38. The zero-order valence-corrected chi connectivity index (χ0v) is 12.3. The predicted octanol–water partition coefficient (Wildman–Crippen LogP) is 2.73. The number of fused-ring (bicyclic) bond motifs is 1. The fourth-order valence-electron chi connectivity index (χ4n) is 2.18. The van der Waals surface area contributed by atoms with Gasteiger partial charge in [-0.05, 0) is 35.9 Å². The first-order valence-electron chi connectivity index (χ1n) is 6.80. The van der Waals surface area contributed by atoms with Crippen molar-refractivity contribution in [3.63, 3.8) is 0 Å². The molecule has 1 aliphatic rings. The molecule has 0 saturated carbocycles. The van der Waals surface area contributed by atoms with Gasteiger partial charge in [0.2, 0.25) is 12.5 Å². The number of hydrogen-bond donors (Lipinski definition) is 2. The number of hydrogen-bond acceptors (Lipinski definition) is 6. The molecule has 3 rings (SSSR count). The molecule has 6 heteroatoms. The molecule has 2 N–H and O–H groups in total. The Kier molecular flexibility index (Phi) is 3.80. The van der Waals surface area contributed by atoms with Gasteiger partial charge >= 0.3 is 0 Å². The largest absolute Gasteiger partial charge is 0.504 e. The molecule has 0 radical (unpaired) electrons. The van der Waals surface area contributed by atoms with Crippen molar-refractivity contribution in [3.8, 4) is 28.7 Å². The minimum atomic E-state index is -0.413. The lowest BCUT2D eigenvalue weighted by atomic mass is 10.1. The molecular weight excluding hydrogens is 300 g/mol. The summed E-state index contributed by atoms with van der Waals surface area (Å²) >= 11 is 0. The van der Waals surface area contributed by atoms with E-state index in [1.165, 1.54) is 25.3 Å². The van der Waals surface area contributed by atoms with Crippen LogP contribution >= 0.6 is 0 Å². The summed E-state index contributed by atoms with van der Waals surface area (Å²) in [6.07, 6.45) is 2.99. The quantitative estimate of drug-likeness (QED) is 0.513. The summed E-state index contributed by atoms with van der Waals surface area (Å²) in [5.41, 5.74) is 0.978. The van der Waals surface area contributed by atoms with E-state index in [9.17, 15) is 15.0 Å². The molecule has 2 aromatic rings. The van der Waals surface area contributed by atoms with E-state index in [4.69, 9.17) is 14.2 Å². The maximum Gasteiger partial charge on any atom is 0.231 e. The molecule has 0 spiro atoms. The molecule has 0 saturated heterocycles. The van der Waals surface area contributed by atoms with Crippen LogP contribution in [-0.4, -0.2) is 29.9 Å². The molecule has 0 aliphatic carbocycles. The van der Waals surface area contributed by atoms with Gasteiger partial charge < -0.3 is 24.4 Å². The minimum absolute atomic E-state index is 0.0322. The predicted molar refractivity (Wildman–Crippen MR) is 82.3 cm³/mol. The highest BCUT2D eigenvalue weighted by molar-refractivity contribution is 6.07. The smallest absolute Gasteiger partial charge is 0.231 e. The summed E-state index contributed by atoms with van der Waals surface area (Å²) in [7, 11) is 1.34. The van der Waals surface area contributed by atoms with Crippen molar-refractivity contribution in [2.75, 3.05) is 13.9 Å². The molecule has 0 amide bonds. The summed E-state index contributed by atoms with van der Waals surface area (Å²) in [6.45, 7) is 0.189. The molecule has 0 fully saturated rings. The van der Waals surface area contributed by atoms with Gasteiger partial charge in [0.25, 0.3) is 0 Å². The molecule has 23 heavy (non-hydrogen) atoms. The Balaban J connectivity index is 1.83. The number of aromatic hydroxyl groups is 2. The van der Waals surface area contributed by atoms with Crippen LogP contribution in [-0.2, 0) is 0 Å². The van der Waals surface area contributed by atoms with Crippen LogP contribution in [0.5, 0.6) is 28.7 Å². The Hall–Kier alpha value is -3.15. The van der Waals surface area contributed by atoms with E-state index in [1.807, 2.05) is 0 Å². The minimum Gasteiger partial charge on any atom is -0.504 e. The number of phenolic OH excluding ortho intramolecular Hbond substituents is 2. The monoisotopic (exact) mass is 314 g/mol. The number of ketones is 1. The lowest BCUT2D eigenvalue weighted by molar-refractivity contribution is 0.104. The maximum absolute atomic E-state index is 12.2. The molecule has 118 valence electrons. The van der Waals surface area contributed by atoms with E-state index >= 15 is 0 Å². The summed E-state index contributed by atoms with van der Waals surface area (Å²) < 4.78 is 15.4. The third-order valence-electron chi connectivity index (χ3n) is 3.38. The van der Waals surface area contributed by atoms with Gasteiger partial charge in [-0.15, -0.1) is 0 Å². The van der Waals surface area contributed by atoms with Crippen LogP contribution in [0.2, 0.25) is 0 Å². The molecule has 0 bridgehead atoms. The van der Waals surface area contributed by atoms with Crippen molar-refractivity contribution in [1.29, 1.82) is 0 Å². The fourth-order valence-corrected chi connectivity index (χ4v) is 2.18. The number of methoxy groups -OCH3 is 1. The van der Waals surface area contributed by atoms with Crippen molar-refractivity contribution in [2.24, 2.45) is 0 Å². The van der Waals surface area contributed by atoms with E-state index in [2.05, 4.69) is 0 Å². The van der Waals surface area contributed by atoms with Crippen LogP contribution in [0.3, 0.4) is 0 Å². The van der Waals surface area contributed by atoms with E-state index in [0.29, 0.717) is 11.5 Å². The second-order valence-electron chi connectivity index (χ2n) is 4.86. The van der Waals surface area contributed by atoms with E-state index < -0.39 is 11.5 Å². The van der Waals surface area contributed by atoms with Crippen LogP contribution in [0, 0.1) is 0 Å². The fraction of sp³-hybridized carbons (Fsp3) is 0.118. The molecule has 1 aliphatic heterocycles. The highest BCUT2D eigenvalue weighted by atomic mass is 16.7. The maximum atomic E-state index is 12.2. The number of allylic oxidation sites excluding steroid dienone is 1. The van der Waals surface area contributed by atoms with Gasteiger partial charge in [0.15, 0.2) is 28.8 Å². The van der Waals surface area contributed by atoms with Crippen LogP contribution < -0.4 is 14.2 Å². The molecule has 1 heterocycles. The van der Waals surface area contributed by atoms with Gasteiger partial charge in [0, 0.05) is 5.56 Å². The average molecular weight is 314 g/mol. The molecular formula is C17H14O6. The van der Waals surface area contributed by atoms with Gasteiger partial charge in [0.05, 0.1) is 7.11 Å². The summed E-state index contributed by atoms with van der Waals surface area (Å²) in [5.74, 6) is 0.180. The second kappa shape index (κ2) is 5.92. The SMILES string of the molecule is COc1cc(C(=O)/C=C/c2ccc3c(c2)OCO3)cc(O)c1O. The first kappa shape index (κ1) is 14.8. The first-order valence-corrected chi connectivity index (χ1v) is 6.80. The summed E-state index contributed by atoms with van der Waals surface area (Å²) in [6, 6.07) is 7.88. The first-order chi connectivity index (χ1) is 11.1. The van der Waals surface area contributed by atoms with E-state index in [0.717, 1.165) is 5.56 Å². The summed E-state index contributed by atoms with van der Waals surface area (Å²) in [4.78, 5) is 12.2. The number of carbonyl (C=O) groups is 1. The topological polar surface area (TPSA) is 85.2 Å². The average Bonchev–Trinajstić information content (AvgIpc) is 3.02. The molecule has 2 aromatic carbocycles. The van der Waals surface area contributed by atoms with Crippen LogP contribution in [0.15, 0.2) is 36.4 Å². The van der Waals surface area contributed by atoms with Crippen LogP contribution in [0.4, 0.5) is 0 Å². The van der Waals surface area contributed by atoms with Gasteiger partial charge in [-0.1, -0.05) is 12.1 Å². The molecule has 6 nitrogen and oxygen atoms in total. The molecule has 0 aromatic heterocycles. The van der Waals surface area contributed by atoms with Crippen LogP contribution in [0.1, 0.15) is 15.9 Å². The van der Waals surface area contributed by atoms with Crippen LogP contribution in [0.25, 0.3) is 6.08 Å². The highest BCUT2D eigenvalue weighted by Crippen LogP contribution is 2.36. The van der Waals surface area contributed by atoms with E-state index in [-0.39, 0.29) is 23.9 Å². The van der Waals surface area contributed by atoms with Crippen molar-refractivity contribution in [3.05, 3.63) is 47.5 Å². The Labute approximate surface area is 132 Å². The lowest BCUT2D eigenvalue weighted by Crippen LogP contribution is -1.96. The highest BCUT2D eigenvalue weighted by Gasteiger charge is 2.14. The number of phenols is 2. The number of benzene rings is 2. The number of rotatable bonds is 4. The lowest BCUT2D eigenvalue weighted by Gasteiger charge is -2.06. The Morgan fingerprint density at radius 1 is 1.17 bits per heavy atom. The molecule has 0 unspecified atom stereocenters. The normalized spacial score (nSPS) is 12.6. The number of carbonyl (C=O) groups excluding carboxylic acids is 1. The Morgan fingerprint density at radius 3 is 2.74 bits per heavy atom. The van der Waals surface area contributed by atoms with Crippen molar-refractivity contribution in [1.82, 2.24) is 0 Å². The van der Waals surface area contributed by atoms with Gasteiger partial charge in [-0.2, -0.15) is 0 Å². The number of ether oxygens (including phenoxy) is 3.